The van der Waals surface area contributed by atoms with Crippen molar-refractivity contribution in [3.05, 3.63) is 30.3 Å². The van der Waals surface area contributed by atoms with E-state index in [1.165, 1.54) is 12.1 Å². The first-order valence-corrected chi connectivity index (χ1v) is 9.39. The van der Waals surface area contributed by atoms with Crippen molar-refractivity contribution in [1.29, 1.82) is 0 Å². The van der Waals surface area contributed by atoms with Crippen molar-refractivity contribution < 1.29 is 147 Å². The summed E-state index contributed by atoms with van der Waals surface area (Å²) in [6.07, 6.45) is 0. The third kappa shape index (κ3) is 8.94. The summed E-state index contributed by atoms with van der Waals surface area (Å²) >= 11 is 4.90. The van der Waals surface area contributed by atoms with E-state index >= 15 is 0 Å². The van der Waals surface area contributed by atoms with Gasteiger partial charge in [0.15, 0.2) is 0 Å². The van der Waals surface area contributed by atoms with Crippen molar-refractivity contribution >= 4 is 59.5 Å². The van der Waals surface area contributed by atoms with Gasteiger partial charge in [-0.05, 0) is 50.2 Å². The number of rotatable bonds is 3. The van der Waals surface area contributed by atoms with E-state index in [2.05, 4.69) is 5.32 Å². The smallest absolute Gasteiger partial charge is 0.807 e. The molecule has 0 aliphatic rings. The van der Waals surface area contributed by atoms with Crippen LogP contribution in [0.1, 0.15) is 6.92 Å². The molecule has 2 aromatic rings. The maximum Gasteiger partial charge on any atom is 1.00 e. The predicted octanol–water partition coefficient (Wildman–Crippen LogP) is -13.3. The SMILES string of the molecule is CC(=S)Nc1ccc(P(=O)([O-])[O-])c2cc(P(=O)([O-])[O-])ccc12.[Na+].[Na+].[Na+].[Na+]. The van der Waals surface area contributed by atoms with Crippen LogP contribution in [-0.2, 0) is 9.13 Å². The number of nitrogens with one attached hydrogen (secondary N) is 1. The van der Waals surface area contributed by atoms with Gasteiger partial charge in [-0.25, -0.2) is 0 Å². The number of hydrogen-bond acceptors (Lipinski definition) is 7. The van der Waals surface area contributed by atoms with Crippen LogP contribution in [0.3, 0.4) is 0 Å². The summed E-state index contributed by atoms with van der Waals surface area (Å²) in [5, 5.41) is 1.76. The van der Waals surface area contributed by atoms with Gasteiger partial charge in [-0.2, -0.15) is 0 Å². The van der Waals surface area contributed by atoms with Gasteiger partial charge in [0.1, 0.15) is 0 Å². The Kier molecular flexibility index (Phi) is 17.2. The molecule has 7 nitrogen and oxygen atoms in total. The molecule has 0 spiro atoms. The van der Waals surface area contributed by atoms with Crippen molar-refractivity contribution in [1.82, 2.24) is 0 Å². The zero-order valence-electron chi connectivity index (χ0n) is 15.1. The van der Waals surface area contributed by atoms with Gasteiger partial charge in [0, 0.05) is 11.1 Å². The molecule has 0 saturated carbocycles. The molecule has 26 heavy (non-hydrogen) atoms. The second kappa shape index (κ2) is 13.3. The summed E-state index contributed by atoms with van der Waals surface area (Å²) in [5.74, 6) is 0. The fourth-order valence-corrected chi connectivity index (χ4v) is 3.42. The Labute approximate surface area is 245 Å². The van der Waals surface area contributed by atoms with Crippen LogP contribution in [0.5, 0.6) is 0 Å². The van der Waals surface area contributed by atoms with E-state index in [1.54, 1.807) is 6.92 Å². The molecule has 2 aromatic carbocycles. The fraction of sp³-hybridized carbons (Fsp3) is 0.0833. The molecule has 0 aromatic heterocycles. The molecule has 14 heteroatoms. The number of anilines is 1. The maximum atomic E-state index is 11.3. The van der Waals surface area contributed by atoms with Crippen molar-refractivity contribution in [3.8, 4) is 0 Å². The van der Waals surface area contributed by atoms with E-state index in [-0.39, 0.29) is 129 Å². The fourth-order valence-electron chi connectivity index (χ4n) is 2.03. The van der Waals surface area contributed by atoms with Gasteiger partial charge in [-0.15, -0.1) is 0 Å². The van der Waals surface area contributed by atoms with Crippen LogP contribution in [0.15, 0.2) is 30.3 Å². The molecule has 2 rings (SSSR count). The Morgan fingerprint density at radius 2 is 1.42 bits per heavy atom. The molecule has 0 atom stereocenters. The first kappa shape index (κ1) is 33.5. The summed E-state index contributed by atoms with van der Waals surface area (Å²) in [6, 6.07) is 5.60. The third-order valence-corrected chi connectivity index (χ3v) is 4.89. The third-order valence-electron chi connectivity index (χ3n) is 2.90. The Morgan fingerprint density at radius 3 is 1.85 bits per heavy atom. The van der Waals surface area contributed by atoms with E-state index in [9.17, 15) is 28.7 Å². The number of benzene rings is 2. The van der Waals surface area contributed by atoms with Gasteiger partial charge in [0.2, 0.25) is 0 Å². The van der Waals surface area contributed by atoms with E-state index in [4.69, 9.17) is 12.2 Å². The van der Waals surface area contributed by atoms with Crippen molar-refractivity contribution in [2.45, 2.75) is 6.92 Å². The van der Waals surface area contributed by atoms with E-state index < -0.39 is 25.8 Å². The average molecular weight is 449 g/mol. The Bertz CT molecular complexity index is 872. The van der Waals surface area contributed by atoms with Gasteiger partial charge in [-0.3, -0.25) is 0 Å². The van der Waals surface area contributed by atoms with Crippen LogP contribution >= 0.6 is 27.4 Å². The minimum Gasteiger partial charge on any atom is -0.807 e. The maximum absolute atomic E-state index is 11.3. The molecular formula is C12H9NNa4O6P2S. The Morgan fingerprint density at radius 1 is 0.885 bits per heavy atom. The first-order valence-electron chi connectivity index (χ1n) is 5.90. The standard InChI is InChI=1S/C12H13NO6P2S.4Na/c1-7(22)13-11-4-5-12(21(17,18)19)10-6-8(20(14,15)16)2-3-9(10)11;;;;/h2-6H,1H3,(H,13,22)(H2,14,15,16)(H2,17,18,19);;;;/q;4*+1/p-4. The van der Waals surface area contributed by atoms with E-state index in [0.29, 0.717) is 10.7 Å². The molecule has 0 amide bonds. The molecule has 0 aliphatic carbocycles. The number of fused-ring (bicyclic) bond motifs is 1. The zero-order chi connectivity index (χ0) is 16.7. The molecule has 1 N–H and O–H groups in total. The van der Waals surface area contributed by atoms with Gasteiger partial charge >= 0.3 is 118 Å². The molecule has 0 fully saturated rings. The molecule has 0 saturated heterocycles. The Hall–Kier alpha value is 2.89. The van der Waals surface area contributed by atoms with Crippen LogP contribution in [0.25, 0.3) is 10.8 Å². The molecular weight excluding hydrogens is 440 g/mol. The van der Waals surface area contributed by atoms with Crippen molar-refractivity contribution in [3.63, 3.8) is 0 Å². The Balaban J connectivity index is -0.00000132. The minimum atomic E-state index is -5.14. The van der Waals surface area contributed by atoms with Gasteiger partial charge in [0.05, 0.1) is 4.99 Å². The van der Waals surface area contributed by atoms with Gasteiger partial charge in [0.25, 0.3) is 0 Å². The molecule has 0 unspecified atom stereocenters. The summed E-state index contributed by atoms with van der Waals surface area (Å²) < 4.78 is 22.5. The minimum absolute atomic E-state index is 0. The number of hydrogen-bond donors (Lipinski definition) is 1. The molecule has 0 heterocycles. The normalized spacial score (nSPS) is 10.5. The average Bonchev–Trinajstić information content (AvgIpc) is 2.35. The summed E-state index contributed by atoms with van der Waals surface area (Å²) in [4.78, 5) is 45.3. The summed E-state index contributed by atoms with van der Waals surface area (Å²) in [7, 11) is -10.2. The second-order valence-electron chi connectivity index (χ2n) is 4.54. The molecule has 0 bridgehead atoms. The molecule has 0 aliphatic heterocycles. The summed E-state index contributed by atoms with van der Waals surface area (Å²) in [6.45, 7) is 1.60. The second-order valence-corrected chi connectivity index (χ2v) is 8.14. The molecule has 0 radical (unpaired) electrons. The van der Waals surface area contributed by atoms with E-state index in [1.807, 2.05) is 0 Å². The number of thiocarbonyl (C=S) groups is 1. The predicted molar refractivity (Wildman–Crippen MR) is 80.3 cm³/mol. The van der Waals surface area contributed by atoms with Crippen molar-refractivity contribution in [2.24, 2.45) is 0 Å². The van der Waals surface area contributed by atoms with Crippen LogP contribution in [0.2, 0.25) is 0 Å². The van der Waals surface area contributed by atoms with Crippen LogP contribution in [-0.4, -0.2) is 4.99 Å². The quantitative estimate of drug-likeness (QED) is 0.277. The van der Waals surface area contributed by atoms with Gasteiger partial charge < -0.3 is 34.0 Å². The van der Waals surface area contributed by atoms with Gasteiger partial charge in [-0.1, -0.05) is 30.4 Å². The molecule has 118 valence electrons. The zero-order valence-corrected chi connectivity index (χ0v) is 25.7. The van der Waals surface area contributed by atoms with Crippen LogP contribution in [0, 0.1) is 0 Å². The largest absolute Gasteiger partial charge is 1.00 e. The first-order chi connectivity index (χ1) is 10.00. The van der Waals surface area contributed by atoms with Crippen LogP contribution < -0.4 is 154 Å². The summed E-state index contributed by atoms with van der Waals surface area (Å²) in [5.41, 5.74) is 0.401. The topological polar surface area (TPSA) is 138 Å². The van der Waals surface area contributed by atoms with Crippen LogP contribution in [0.4, 0.5) is 5.69 Å². The monoisotopic (exact) mass is 449 g/mol. The van der Waals surface area contributed by atoms with Crippen molar-refractivity contribution in [2.75, 3.05) is 5.32 Å². The van der Waals surface area contributed by atoms with E-state index in [0.717, 1.165) is 18.2 Å².